The number of methoxy groups -OCH3 is 1. The molecule has 25 heteroatoms. The number of hydrogen-bond acceptors (Lipinski definition) is 15. The van der Waals surface area contributed by atoms with Crippen molar-refractivity contribution in [2.24, 2.45) is 65.8 Å². The Bertz CT molecular complexity index is 2230. The molecule has 1 aromatic heterocycles. The molecule has 2 aliphatic rings. The number of guanidine groups is 4. The van der Waals surface area contributed by atoms with Crippen molar-refractivity contribution in [3.63, 3.8) is 0 Å². The van der Waals surface area contributed by atoms with E-state index in [1.54, 1.807) is 18.9 Å². The first-order valence-corrected chi connectivity index (χ1v) is 24.0. The van der Waals surface area contributed by atoms with Crippen LogP contribution in [0.25, 0.3) is 21.8 Å². The van der Waals surface area contributed by atoms with Gasteiger partial charge in [-0.15, -0.1) is 0 Å². The maximum Gasteiger partial charge on any atom is 0.220 e. The lowest BCUT2D eigenvalue weighted by Crippen LogP contribution is -2.63. The number of aromatic nitrogens is 1. The number of amides is 1. The van der Waals surface area contributed by atoms with Crippen molar-refractivity contribution < 1.29 is 39.1 Å². The fraction of sp³-hybridized carbons (Fsp3) is 0.581. The first-order chi connectivity index (χ1) is 32.6. The molecule has 0 unspecified atom stereocenters. The highest BCUT2D eigenvalue weighted by atomic mass is 35.5. The van der Waals surface area contributed by atoms with Gasteiger partial charge in [0.15, 0.2) is 30.1 Å². The molecule has 1 saturated heterocycles. The molecule has 1 aliphatic carbocycles. The van der Waals surface area contributed by atoms with Gasteiger partial charge >= 0.3 is 0 Å². The van der Waals surface area contributed by atoms with Crippen molar-refractivity contribution in [3.8, 4) is 5.75 Å². The summed E-state index contributed by atoms with van der Waals surface area (Å²) < 4.78 is 24.2. The Morgan fingerprint density at radius 2 is 1.51 bits per heavy atom. The van der Waals surface area contributed by atoms with Gasteiger partial charge in [0.1, 0.15) is 48.4 Å². The molecule has 0 bridgehead atoms. The number of hydrogen-bond donors (Lipinski definition) is 13. The molecule has 0 spiro atoms. The van der Waals surface area contributed by atoms with E-state index in [2.05, 4.69) is 30.6 Å². The third kappa shape index (κ3) is 15.6. The number of carbonyl (C=O) groups is 1. The monoisotopic (exact) mass is 989 g/mol. The summed E-state index contributed by atoms with van der Waals surface area (Å²) in [6.45, 7) is 1.17. The predicted molar refractivity (Wildman–Crippen MR) is 267 cm³/mol. The Morgan fingerprint density at radius 3 is 2.24 bits per heavy atom. The SMILES string of the molecule is COc1ccc2nc3cc(Cl)ccc3c(NCCCNC(=O)CCCSCCCCCCO[C@@H]3[C@@H](O)[C@H](N=C(N)N)C[C@H](N=C(N)N)[C@H]3O[C@H]3O[C@H](CN=C(N)N)[C@@H](O)[C@H](O)[C@H]3N=C(N)N)c2c1. The summed E-state index contributed by atoms with van der Waals surface area (Å²) in [6.07, 6.45) is -3.88. The largest absolute Gasteiger partial charge is 0.497 e. The molecule has 5 rings (SSSR count). The molecule has 21 N–H and O–H groups in total. The molecule has 23 nitrogen and oxygen atoms in total. The zero-order valence-corrected chi connectivity index (χ0v) is 39.7. The van der Waals surface area contributed by atoms with E-state index < -0.39 is 67.0 Å². The molecule has 2 heterocycles. The summed E-state index contributed by atoms with van der Waals surface area (Å²) in [6, 6.07) is 8.33. The number of fused-ring (bicyclic) bond motifs is 2. The highest BCUT2D eigenvalue weighted by Crippen LogP contribution is 2.36. The number of nitrogens with zero attached hydrogens (tertiary/aromatic N) is 5. The topological polar surface area (TPSA) is 409 Å². The first kappa shape index (κ1) is 53.6. The van der Waals surface area contributed by atoms with Gasteiger partial charge in [0.2, 0.25) is 5.91 Å². The van der Waals surface area contributed by atoms with Crippen LogP contribution in [-0.4, -0.2) is 156 Å². The first-order valence-electron chi connectivity index (χ1n) is 22.5. The lowest BCUT2D eigenvalue weighted by Gasteiger charge is -2.46. The van der Waals surface area contributed by atoms with E-state index >= 15 is 0 Å². The highest BCUT2D eigenvalue weighted by Gasteiger charge is 2.51. The molecule has 2 aromatic carbocycles. The Hall–Kier alpha value is -5.34. The summed E-state index contributed by atoms with van der Waals surface area (Å²) >= 11 is 8.07. The van der Waals surface area contributed by atoms with Gasteiger partial charge in [-0.05, 0) is 80.0 Å². The summed E-state index contributed by atoms with van der Waals surface area (Å²) in [4.78, 5) is 33.9. The van der Waals surface area contributed by atoms with Crippen molar-refractivity contribution >= 4 is 80.6 Å². The zero-order chi connectivity index (χ0) is 49.3. The van der Waals surface area contributed by atoms with Crippen LogP contribution in [0.5, 0.6) is 5.75 Å². The van der Waals surface area contributed by atoms with Gasteiger partial charge in [0.25, 0.3) is 0 Å². The Balaban J connectivity index is 1.04. The smallest absolute Gasteiger partial charge is 0.220 e. The van der Waals surface area contributed by atoms with Crippen LogP contribution in [0.4, 0.5) is 5.69 Å². The van der Waals surface area contributed by atoms with Crippen LogP contribution in [-0.2, 0) is 19.0 Å². The lowest BCUT2D eigenvalue weighted by atomic mass is 9.83. The number of aliphatic hydroxyl groups excluding tert-OH is 3. The van der Waals surface area contributed by atoms with Crippen molar-refractivity contribution in [2.45, 2.75) is 112 Å². The second-order valence-electron chi connectivity index (χ2n) is 16.5. The van der Waals surface area contributed by atoms with Gasteiger partial charge in [0.05, 0.1) is 42.5 Å². The van der Waals surface area contributed by atoms with E-state index in [1.807, 2.05) is 36.4 Å². The van der Waals surface area contributed by atoms with E-state index in [4.69, 9.17) is 81.4 Å². The van der Waals surface area contributed by atoms with Gasteiger partial charge in [-0.25, -0.2) is 20.0 Å². The fourth-order valence-corrected chi connectivity index (χ4v) is 9.27. The van der Waals surface area contributed by atoms with Gasteiger partial charge in [-0.2, -0.15) is 11.8 Å². The molecular formula is C43H68ClN15O8S. The molecule has 1 aliphatic heterocycles. The molecule has 376 valence electrons. The number of aliphatic imine (C=N–C) groups is 4. The Labute approximate surface area is 404 Å². The second-order valence-corrected chi connectivity index (χ2v) is 18.2. The van der Waals surface area contributed by atoms with Crippen LogP contribution in [0.3, 0.4) is 0 Å². The van der Waals surface area contributed by atoms with E-state index in [-0.39, 0.29) is 43.4 Å². The number of pyridine rings is 1. The summed E-state index contributed by atoms with van der Waals surface area (Å²) in [5.41, 5.74) is 48.0. The number of nitrogens with two attached hydrogens (primary N) is 8. The van der Waals surface area contributed by atoms with E-state index in [0.717, 1.165) is 76.9 Å². The minimum atomic E-state index is -1.59. The number of rotatable bonds is 25. The minimum Gasteiger partial charge on any atom is -0.497 e. The average Bonchev–Trinajstić information content (AvgIpc) is 3.28. The standard InChI is InChI=1S/C43H68ClN15O8S/c1-64-23-10-12-26-25(19-23)32(24-11-9-22(44)18-27(24)56-26)54-14-7-13-53-31(60)8-6-17-68-16-5-3-2-4-15-65-38-34(61)28(57-41(47)48)20-29(58-42(49)50)37(38)67-39-33(59-43(51)52)36(63)35(62)30(66-39)21-55-40(45)46/h9-12,18-19,28-30,33-39,61-63H,2-8,13-17,20-21H2,1H3,(H,53,60)(H,54,56)(H4,45,46,55)(H4,47,48,57)(H4,49,50,58)(H4,51,52,59)/t28-,29+,30-,33-,34+,35-,36-,37-,38-,39-/m1/s1. The number of ether oxygens (including phenoxy) is 4. The lowest BCUT2D eigenvalue weighted by molar-refractivity contribution is -0.290. The number of anilines is 1. The molecule has 68 heavy (non-hydrogen) atoms. The van der Waals surface area contributed by atoms with Crippen molar-refractivity contribution in [3.05, 3.63) is 41.4 Å². The maximum atomic E-state index is 12.6. The van der Waals surface area contributed by atoms with Crippen LogP contribution in [0, 0.1) is 0 Å². The number of halogens is 1. The molecule has 3 aromatic rings. The number of aliphatic hydroxyl groups is 3. The Kier molecular flexibility index (Phi) is 20.8. The van der Waals surface area contributed by atoms with Crippen molar-refractivity contribution in [1.82, 2.24) is 10.3 Å². The molecule has 10 atom stereocenters. The van der Waals surface area contributed by atoms with E-state index in [9.17, 15) is 20.1 Å². The predicted octanol–water partition coefficient (Wildman–Crippen LogP) is -0.777. The number of nitrogens with one attached hydrogen (secondary N) is 2. The molecule has 1 saturated carbocycles. The third-order valence-corrected chi connectivity index (χ3v) is 12.8. The number of thioether (sulfide) groups is 1. The van der Waals surface area contributed by atoms with Crippen LogP contribution >= 0.6 is 23.4 Å². The Morgan fingerprint density at radius 1 is 0.794 bits per heavy atom. The van der Waals surface area contributed by atoms with Crippen molar-refractivity contribution in [1.29, 1.82) is 0 Å². The normalized spacial score (nSPS) is 24.7. The quantitative estimate of drug-likeness (QED) is 0.0214. The number of unbranched alkanes of at least 4 members (excludes halogenated alkanes) is 3. The van der Waals surface area contributed by atoms with Gasteiger partial charge in [-0.3, -0.25) is 9.79 Å². The van der Waals surface area contributed by atoms with Crippen LogP contribution < -0.4 is 61.2 Å². The van der Waals surface area contributed by atoms with Gasteiger partial charge in [-0.1, -0.05) is 24.4 Å². The zero-order valence-electron chi connectivity index (χ0n) is 38.2. The van der Waals surface area contributed by atoms with Crippen molar-refractivity contribution in [2.75, 3.05) is 50.2 Å². The van der Waals surface area contributed by atoms with Crippen LogP contribution in [0.2, 0.25) is 5.02 Å². The summed E-state index contributed by atoms with van der Waals surface area (Å²) in [5, 5.41) is 42.6. The van der Waals surface area contributed by atoms with Gasteiger partial charge < -0.3 is 90.8 Å². The fourth-order valence-electron chi connectivity index (χ4n) is 8.14. The molecule has 1 amide bonds. The van der Waals surface area contributed by atoms with E-state index in [1.165, 1.54) is 0 Å². The van der Waals surface area contributed by atoms with Crippen LogP contribution in [0.1, 0.15) is 51.4 Å². The number of benzene rings is 2. The third-order valence-electron chi connectivity index (χ3n) is 11.4. The minimum absolute atomic E-state index is 0.0260. The summed E-state index contributed by atoms with van der Waals surface area (Å²) in [5.74, 6) is 1.33. The maximum absolute atomic E-state index is 12.6. The van der Waals surface area contributed by atoms with E-state index in [0.29, 0.717) is 31.0 Å². The number of carbonyl (C=O) groups excluding carboxylic acids is 1. The second kappa shape index (κ2) is 26.4. The highest BCUT2D eigenvalue weighted by molar-refractivity contribution is 7.99. The van der Waals surface area contributed by atoms with Crippen LogP contribution in [0.15, 0.2) is 56.4 Å². The summed E-state index contributed by atoms with van der Waals surface area (Å²) in [7, 11) is 1.63. The molecule has 0 radical (unpaired) electrons. The average molecular weight is 991 g/mol. The molecule has 2 fully saturated rings. The molecular weight excluding hydrogens is 922 g/mol. The van der Waals surface area contributed by atoms with Gasteiger partial charge in [0, 0.05) is 41.9 Å².